The minimum absolute atomic E-state index is 0.222. The first kappa shape index (κ1) is 11.7. The molecule has 1 fully saturated rings. The quantitative estimate of drug-likeness (QED) is 0.818. The van der Waals surface area contributed by atoms with Crippen LogP contribution in [0.15, 0.2) is 24.3 Å². The maximum absolute atomic E-state index is 3.64. The second kappa shape index (κ2) is 3.89. The monoisotopic (exact) mass is 217 g/mol. The van der Waals surface area contributed by atoms with Gasteiger partial charge in [0.25, 0.3) is 0 Å². The van der Waals surface area contributed by atoms with Crippen LogP contribution in [0.1, 0.15) is 44.7 Å². The van der Waals surface area contributed by atoms with Crippen LogP contribution in [0.2, 0.25) is 0 Å². The Kier molecular flexibility index (Phi) is 2.83. The molecule has 1 N–H and O–H groups in total. The van der Waals surface area contributed by atoms with Crippen molar-refractivity contribution in [3.8, 4) is 0 Å². The Bertz CT molecular complexity index is 369. The summed E-state index contributed by atoms with van der Waals surface area (Å²) in [5.41, 5.74) is 3.54. The lowest BCUT2D eigenvalue weighted by atomic mass is 9.93. The number of aryl methyl sites for hydroxylation is 1. The number of nitrogens with one attached hydrogen (secondary N) is 1. The fraction of sp³-hybridized carbons (Fsp3) is 0.600. The average molecular weight is 217 g/mol. The molecule has 0 saturated heterocycles. The Morgan fingerprint density at radius 2 is 1.94 bits per heavy atom. The third-order valence-electron chi connectivity index (χ3n) is 3.44. The van der Waals surface area contributed by atoms with Gasteiger partial charge in [-0.3, -0.25) is 0 Å². The van der Waals surface area contributed by atoms with Crippen LogP contribution in [-0.4, -0.2) is 12.1 Å². The van der Waals surface area contributed by atoms with Gasteiger partial charge in [-0.1, -0.05) is 29.8 Å². The lowest BCUT2D eigenvalue weighted by molar-refractivity contribution is 0.399. The molecule has 1 saturated carbocycles. The van der Waals surface area contributed by atoms with Crippen molar-refractivity contribution in [3.05, 3.63) is 35.4 Å². The van der Waals surface area contributed by atoms with Crippen LogP contribution in [0.25, 0.3) is 0 Å². The highest BCUT2D eigenvalue weighted by Crippen LogP contribution is 2.47. The zero-order valence-electron chi connectivity index (χ0n) is 10.9. The molecule has 1 aliphatic rings. The third kappa shape index (κ3) is 2.65. The Morgan fingerprint density at radius 3 is 2.44 bits per heavy atom. The van der Waals surface area contributed by atoms with Crippen molar-refractivity contribution in [2.24, 2.45) is 0 Å². The summed E-state index contributed by atoms with van der Waals surface area (Å²) >= 11 is 0. The molecule has 0 unspecified atom stereocenters. The van der Waals surface area contributed by atoms with Gasteiger partial charge in [0.05, 0.1) is 0 Å². The second-order valence-corrected chi connectivity index (χ2v) is 6.25. The van der Waals surface area contributed by atoms with Gasteiger partial charge in [0, 0.05) is 17.5 Å². The summed E-state index contributed by atoms with van der Waals surface area (Å²) in [6.07, 6.45) is 2.67. The van der Waals surface area contributed by atoms with E-state index >= 15 is 0 Å². The van der Waals surface area contributed by atoms with Crippen LogP contribution in [-0.2, 0) is 5.41 Å². The van der Waals surface area contributed by atoms with Gasteiger partial charge in [-0.2, -0.15) is 0 Å². The Hall–Kier alpha value is -0.820. The Morgan fingerprint density at radius 1 is 1.25 bits per heavy atom. The summed E-state index contributed by atoms with van der Waals surface area (Å²) in [4.78, 5) is 0. The van der Waals surface area contributed by atoms with E-state index in [1.165, 1.54) is 24.0 Å². The maximum Gasteiger partial charge on any atom is 0.00968 e. The van der Waals surface area contributed by atoms with E-state index in [1.807, 2.05) is 0 Å². The summed E-state index contributed by atoms with van der Waals surface area (Å²) in [6, 6.07) is 8.99. The lowest BCUT2D eigenvalue weighted by Gasteiger charge is -2.25. The predicted molar refractivity (Wildman–Crippen MR) is 69.8 cm³/mol. The van der Waals surface area contributed by atoms with E-state index in [4.69, 9.17) is 0 Å². The molecule has 1 aromatic carbocycles. The van der Waals surface area contributed by atoms with Crippen LogP contribution in [0, 0.1) is 6.92 Å². The van der Waals surface area contributed by atoms with E-state index in [0.29, 0.717) is 5.41 Å². The highest BCUT2D eigenvalue weighted by atomic mass is 15.0. The SMILES string of the molecule is Cc1cccc(C2(CNC(C)(C)C)CC2)c1. The molecule has 0 bridgehead atoms. The number of benzene rings is 1. The average Bonchev–Trinajstić information content (AvgIpc) is 2.94. The van der Waals surface area contributed by atoms with Crippen molar-refractivity contribution < 1.29 is 0 Å². The molecule has 1 heteroatoms. The number of hydrogen-bond donors (Lipinski definition) is 1. The summed E-state index contributed by atoms with van der Waals surface area (Å²) in [7, 11) is 0. The largest absolute Gasteiger partial charge is 0.311 e. The molecular weight excluding hydrogens is 194 g/mol. The summed E-state index contributed by atoms with van der Waals surface area (Å²) in [6.45, 7) is 9.99. The normalized spacial score (nSPS) is 18.5. The number of rotatable bonds is 3. The molecule has 16 heavy (non-hydrogen) atoms. The maximum atomic E-state index is 3.64. The first-order valence-electron chi connectivity index (χ1n) is 6.24. The molecule has 1 aliphatic carbocycles. The second-order valence-electron chi connectivity index (χ2n) is 6.25. The van der Waals surface area contributed by atoms with Gasteiger partial charge < -0.3 is 5.32 Å². The molecule has 0 amide bonds. The van der Waals surface area contributed by atoms with Gasteiger partial charge >= 0.3 is 0 Å². The Balaban J connectivity index is 2.08. The van der Waals surface area contributed by atoms with Gasteiger partial charge in [0.2, 0.25) is 0 Å². The fourth-order valence-electron chi connectivity index (χ4n) is 2.13. The van der Waals surface area contributed by atoms with Crippen molar-refractivity contribution in [2.75, 3.05) is 6.54 Å². The van der Waals surface area contributed by atoms with Gasteiger partial charge in [0.1, 0.15) is 0 Å². The van der Waals surface area contributed by atoms with Crippen LogP contribution < -0.4 is 5.32 Å². The van der Waals surface area contributed by atoms with E-state index in [-0.39, 0.29) is 5.54 Å². The van der Waals surface area contributed by atoms with Crippen molar-refractivity contribution >= 4 is 0 Å². The molecule has 0 aromatic heterocycles. The predicted octanol–water partition coefficient (Wildman–Crippen LogP) is 3.41. The van der Waals surface area contributed by atoms with Gasteiger partial charge in [-0.05, 0) is 46.1 Å². The van der Waals surface area contributed by atoms with Crippen LogP contribution in [0.3, 0.4) is 0 Å². The zero-order chi connectivity index (χ0) is 11.8. The van der Waals surface area contributed by atoms with E-state index in [9.17, 15) is 0 Å². The third-order valence-corrected chi connectivity index (χ3v) is 3.44. The summed E-state index contributed by atoms with van der Waals surface area (Å²) in [5.74, 6) is 0. The summed E-state index contributed by atoms with van der Waals surface area (Å²) < 4.78 is 0. The van der Waals surface area contributed by atoms with Crippen LogP contribution in [0.4, 0.5) is 0 Å². The highest BCUT2D eigenvalue weighted by molar-refractivity contribution is 5.34. The highest BCUT2D eigenvalue weighted by Gasteiger charge is 2.44. The fourth-order valence-corrected chi connectivity index (χ4v) is 2.13. The van der Waals surface area contributed by atoms with E-state index in [2.05, 4.69) is 57.3 Å². The topological polar surface area (TPSA) is 12.0 Å². The van der Waals surface area contributed by atoms with Gasteiger partial charge in [-0.25, -0.2) is 0 Å². The minimum Gasteiger partial charge on any atom is -0.311 e. The molecule has 1 nitrogen and oxygen atoms in total. The van der Waals surface area contributed by atoms with Crippen molar-refractivity contribution in [1.29, 1.82) is 0 Å². The Labute approximate surface area is 99.3 Å². The molecular formula is C15H23N. The molecule has 0 spiro atoms. The summed E-state index contributed by atoms with van der Waals surface area (Å²) in [5, 5.41) is 3.64. The van der Waals surface area contributed by atoms with Crippen molar-refractivity contribution in [3.63, 3.8) is 0 Å². The van der Waals surface area contributed by atoms with Gasteiger partial charge in [0.15, 0.2) is 0 Å². The molecule has 2 rings (SSSR count). The zero-order valence-corrected chi connectivity index (χ0v) is 10.9. The molecule has 1 aromatic rings. The van der Waals surface area contributed by atoms with Crippen molar-refractivity contribution in [1.82, 2.24) is 5.32 Å². The van der Waals surface area contributed by atoms with Gasteiger partial charge in [-0.15, -0.1) is 0 Å². The van der Waals surface area contributed by atoms with E-state index < -0.39 is 0 Å². The standard InChI is InChI=1S/C15H23N/c1-12-6-5-7-13(10-12)15(8-9-15)11-16-14(2,3)4/h5-7,10,16H,8-9,11H2,1-4H3. The molecule has 0 radical (unpaired) electrons. The molecule has 0 atom stereocenters. The van der Waals surface area contributed by atoms with Crippen LogP contribution >= 0.6 is 0 Å². The molecule has 0 heterocycles. The van der Waals surface area contributed by atoms with E-state index in [0.717, 1.165) is 6.54 Å². The smallest absolute Gasteiger partial charge is 0.00968 e. The van der Waals surface area contributed by atoms with Crippen LogP contribution in [0.5, 0.6) is 0 Å². The van der Waals surface area contributed by atoms with E-state index in [1.54, 1.807) is 0 Å². The first-order valence-corrected chi connectivity index (χ1v) is 6.24. The van der Waals surface area contributed by atoms with Crippen molar-refractivity contribution in [2.45, 2.75) is 51.5 Å². The molecule has 0 aliphatic heterocycles. The lowest BCUT2D eigenvalue weighted by Crippen LogP contribution is -2.40. The molecule has 88 valence electrons. The number of hydrogen-bond acceptors (Lipinski definition) is 1. The first-order chi connectivity index (χ1) is 7.41. The minimum atomic E-state index is 0.222.